The lowest BCUT2D eigenvalue weighted by atomic mass is 9.83. The van der Waals surface area contributed by atoms with Gasteiger partial charge in [0.05, 0.1) is 10.5 Å². The number of nitrogens with zero attached hydrogens (tertiary/aromatic N) is 2. The molecule has 4 rings (SSSR count). The fourth-order valence-corrected chi connectivity index (χ4v) is 8.36. The standard InChI is InChI=1S/C26H39ClN2O4S/c1-3-12-26(31)15-17-28(18-16-26)24(30)19-25(13-14-25)23-7-5-6-21(4-2)29(23)34(32,33)22-10-8-20(27)9-11-22/h8-11,21,23,31H,3-7,12-19H2,1-2H3/t21-,23-/m1/s1. The Morgan fingerprint density at radius 3 is 2.29 bits per heavy atom. The van der Waals surface area contributed by atoms with Gasteiger partial charge in [0.15, 0.2) is 0 Å². The van der Waals surface area contributed by atoms with Gasteiger partial charge >= 0.3 is 0 Å². The summed E-state index contributed by atoms with van der Waals surface area (Å²) in [5, 5.41) is 11.2. The van der Waals surface area contributed by atoms with Gasteiger partial charge in [-0.3, -0.25) is 4.79 Å². The van der Waals surface area contributed by atoms with E-state index < -0.39 is 15.6 Å². The number of piperidine rings is 2. The van der Waals surface area contributed by atoms with Gasteiger partial charge in [0, 0.05) is 36.6 Å². The molecule has 6 nitrogen and oxygen atoms in total. The molecule has 2 aliphatic heterocycles. The average molecular weight is 511 g/mol. The molecule has 2 heterocycles. The predicted octanol–water partition coefficient (Wildman–Crippen LogP) is 4.99. The van der Waals surface area contributed by atoms with Crippen LogP contribution in [-0.2, 0) is 14.8 Å². The van der Waals surface area contributed by atoms with Gasteiger partial charge in [-0.25, -0.2) is 8.42 Å². The molecule has 0 spiro atoms. The number of aliphatic hydroxyl groups is 1. The van der Waals surface area contributed by atoms with E-state index in [0.717, 1.165) is 51.4 Å². The van der Waals surface area contributed by atoms with Crippen molar-refractivity contribution in [3.8, 4) is 0 Å². The van der Waals surface area contributed by atoms with Crippen LogP contribution in [0.4, 0.5) is 0 Å². The number of likely N-dealkylation sites (tertiary alicyclic amines) is 1. The minimum Gasteiger partial charge on any atom is -0.390 e. The molecule has 1 N–H and O–H groups in total. The van der Waals surface area contributed by atoms with Gasteiger partial charge < -0.3 is 10.0 Å². The van der Waals surface area contributed by atoms with Crippen LogP contribution >= 0.6 is 11.6 Å². The van der Waals surface area contributed by atoms with E-state index in [4.69, 9.17) is 11.6 Å². The van der Waals surface area contributed by atoms with Crippen molar-refractivity contribution in [1.29, 1.82) is 0 Å². The van der Waals surface area contributed by atoms with Crippen LogP contribution in [0.25, 0.3) is 0 Å². The molecule has 0 unspecified atom stereocenters. The molecule has 1 aliphatic carbocycles. The Kier molecular flexibility index (Phi) is 7.68. The quantitative estimate of drug-likeness (QED) is 0.534. The number of halogens is 1. The molecule has 1 aromatic rings. The minimum absolute atomic E-state index is 0.0500. The van der Waals surface area contributed by atoms with Crippen molar-refractivity contribution in [2.24, 2.45) is 5.41 Å². The average Bonchev–Trinajstić information content (AvgIpc) is 3.59. The first kappa shape index (κ1) is 25.9. The number of hydrogen-bond acceptors (Lipinski definition) is 4. The van der Waals surface area contributed by atoms with Crippen LogP contribution in [0.1, 0.15) is 84.5 Å². The Morgan fingerprint density at radius 1 is 1.09 bits per heavy atom. The second-order valence-electron chi connectivity index (χ2n) is 10.7. The zero-order valence-electron chi connectivity index (χ0n) is 20.5. The van der Waals surface area contributed by atoms with Gasteiger partial charge in [-0.1, -0.05) is 38.3 Å². The fourth-order valence-electron chi connectivity index (χ4n) is 6.20. The summed E-state index contributed by atoms with van der Waals surface area (Å²) in [5.41, 5.74) is -0.925. The molecular formula is C26H39ClN2O4S. The van der Waals surface area contributed by atoms with Gasteiger partial charge in [0.1, 0.15) is 0 Å². The number of carbonyl (C=O) groups is 1. The van der Waals surface area contributed by atoms with E-state index in [0.29, 0.717) is 37.4 Å². The first-order chi connectivity index (χ1) is 16.1. The summed E-state index contributed by atoms with van der Waals surface area (Å²) in [4.78, 5) is 15.5. The maximum atomic E-state index is 13.8. The third-order valence-corrected chi connectivity index (χ3v) is 10.6. The Labute approximate surface area is 209 Å². The second kappa shape index (κ2) is 10.1. The third-order valence-electron chi connectivity index (χ3n) is 8.41. The molecule has 3 fully saturated rings. The monoisotopic (exact) mass is 510 g/mol. The largest absolute Gasteiger partial charge is 0.390 e. The van der Waals surface area contributed by atoms with E-state index >= 15 is 0 Å². The van der Waals surface area contributed by atoms with Crippen molar-refractivity contribution in [2.75, 3.05) is 13.1 Å². The summed E-state index contributed by atoms with van der Waals surface area (Å²) in [5.74, 6) is 0.110. The summed E-state index contributed by atoms with van der Waals surface area (Å²) < 4.78 is 29.4. The molecule has 0 bridgehead atoms. The molecule has 8 heteroatoms. The maximum Gasteiger partial charge on any atom is 0.243 e. The Morgan fingerprint density at radius 2 is 1.74 bits per heavy atom. The SMILES string of the molecule is CCCC1(O)CCN(C(=O)CC2([C@H]3CCC[C@@H](CC)N3S(=O)(=O)c3ccc(Cl)cc3)CC2)CC1. The molecule has 2 saturated heterocycles. The van der Waals surface area contributed by atoms with Crippen LogP contribution in [0.15, 0.2) is 29.2 Å². The molecule has 3 aliphatic rings. The smallest absolute Gasteiger partial charge is 0.243 e. The number of amides is 1. The number of rotatable bonds is 8. The van der Waals surface area contributed by atoms with E-state index in [-0.39, 0.29) is 28.3 Å². The molecule has 1 aromatic carbocycles. The highest BCUT2D eigenvalue weighted by molar-refractivity contribution is 7.89. The Bertz CT molecular complexity index is 969. The molecule has 1 amide bonds. The molecule has 2 atom stereocenters. The normalized spacial score (nSPS) is 26.9. The summed E-state index contributed by atoms with van der Waals surface area (Å²) in [7, 11) is -3.70. The van der Waals surface area contributed by atoms with Crippen LogP contribution < -0.4 is 0 Å². The number of sulfonamides is 1. The zero-order valence-corrected chi connectivity index (χ0v) is 22.1. The summed E-state index contributed by atoms with van der Waals surface area (Å²) in [6, 6.07) is 6.23. The molecule has 1 saturated carbocycles. The number of hydrogen-bond donors (Lipinski definition) is 1. The molecular weight excluding hydrogens is 472 g/mol. The van der Waals surface area contributed by atoms with Gasteiger partial charge in [0.2, 0.25) is 15.9 Å². The van der Waals surface area contributed by atoms with Crippen molar-refractivity contribution in [2.45, 2.75) is 107 Å². The van der Waals surface area contributed by atoms with Gasteiger partial charge in [-0.2, -0.15) is 4.31 Å². The van der Waals surface area contributed by atoms with Crippen LogP contribution in [0.3, 0.4) is 0 Å². The molecule has 34 heavy (non-hydrogen) atoms. The van der Waals surface area contributed by atoms with E-state index in [1.165, 1.54) is 0 Å². The molecule has 190 valence electrons. The predicted molar refractivity (Wildman–Crippen MR) is 134 cm³/mol. The number of carbonyl (C=O) groups excluding carboxylic acids is 1. The number of benzene rings is 1. The molecule has 0 aromatic heterocycles. The van der Waals surface area contributed by atoms with Crippen LogP contribution in [-0.4, -0.2) is 59.4 Å². The van der Waals surface area contributed by atoms with Crippen molar-refractivity contribution >= 4 is 27.5 Å². The van der Waals surface area contributed by atoms with Crippen molar-refractivity contribution < 1.29 is 18.3 Å². The topological polar surface area (TPSA) is 77.9 Å². The van der Waals surface area contributed by atoms with E-state index in [1.807, 2.05) is 11.8 Å². The minimum atomic E-state index is -3.70. The van der Waals surface area contributed by atoms with E-state index in [9.17, 15) is 18.3 Å². The first-order valence-corrected chi connectivity index (χ1v) is 14.8. The van der Waals surface area contributed by atoms with Crippen molar-refractivity contribution in [3.05, 3.63) is 29.3 Å². The van der Waals surface area contributed by atoms with Crippen LogP contribution in [0.2, 0.25) is 5.02 Å². The lowest BCUT2D eigenvalue weighted by molar-refractivity contribution is -0.137. The van der Waals surface area contributed by atoms with Crippen molar-refractivity contribution in [3.63, 3.8) is 0 Å². The Hall–Kier alpha value is -1.15. The highest BCUT2D eigenvalue weighted by atomic mass is 35.5. The van der Waals surface area contributed by atoms with E-state index in [2.05, 4.69) is 6.92 Å². The maximum absolute atomic E-state index is 13.8. The molecule has 0 radical (unpaired) electrons. The highest BCUT2D eigenvalue weighted by Gasteiger charge is 2.57. The van der Waals surface area contributed by atoms with Gasteiger partial charge in [0.25, 0.3) is 0 Å². The van der Waals surface area contributed by atoms with Gasteiger partial charge in [-0.15, -0.1) is 0 Å². The summed E-state index contributed by atoms with van der Waals surface area (Å²) in [6.45, 7) is 5.29. The van der Waals surface area contributed by atoms with E-state index in [1.54, 1.807) is 28.6 Å². The summed E-state index contributed by atoms with van der Waals surface area (Å²) >= 11 is 6.01. The zero-order chi connectivity index (χ0) is 24.6. The van der Waals surface area contributed by atoms with Gasteiger partial charge in [-0.05, 0) is 81.0 Å². The highest BCUT2D eigenvalue weighted by Crippen LogP contribution is 2.57. The first-order valence-electron chi connectivity index (χ1n) is 12.9. The van der Waals surface area contributed by atoms with Crippen LogP contribution in [0.5, 0.6) is 0 Å². The summed E-state index contributed by atoms with van der Waals surface area (Å²) in [6.07, 6.45) is 8.53. The third kappa shape index (κ3) is 5.18. The Balaban J connectivity index is 1.53. The fraction of sp³-hybridized carbons (Fsp3) is 0.731. The van der Waals surface area contributed by atoms with Crippen molar-refractivity contribution in [1.82, 2.24) is 9.21 Å². The lowest BCUT2D eigenvalue weighted by Crippen LogP contribution is -2.54. The van der Waals surface area contributed by atoms with Crippen LogP contribution in [0, 0.1) is 5.41 Å². The lowest BCUT2D eigenvalue weighted by Gasteiger charge is -2.45. The second-order valence-corrected chi connectivity index (χ2v) is 13.0.